The highest BCUT2D eigenvalue weighted by Gasteiger charge is 2.26. The van der Waals surface area contributed by atoms with Gasteiger partial charge in [-0.3, -0.25) is 9.59 Å². The molecule has 1 amide bonds. The normalized spacial score (nSPS) is 21.7. The van der Waals surface area contributed by atoms with Crippen LogP contribution < -0.4 is 0 Å². The molecule has 0 aromatic heterocycles. The van der Waals surface area contributed by atoms with Crippen LogP contribution in [0.2, 0.25) is 0 Å². The molecular formula is C11H10N2O3S. The molecule has 6 heteroatoms. The number of esters is 1. The zero-order valence-electron chi connectivity index (χ0n) is 9.12. The van der Waals surface area contributed by atoms with Gasteiger partial charge in [-0.1, -0.05) is 30.0 Å². The van der Waals surface area contributed by atoms with Gasteiger partial charge in [0.1, 0.15) is 5.92 Å². The second-order valence-electron chi connectivity index (χ2n) is 3.36. The van der Waals surface area contributed by atoms with Gasteiger partial charge in [-0.15, -0.1) is 0 Å². The van der Waals surface area contributed by atoms with Crippen LogP contribution in [0.3, 0.4) is 0 Å². The van der Waals surface area contributed by atoms with E-state index in [1.807, 2.05) is 6.08 Å². The van der Waals surface area contributed by atoms with Gasteiger partial charge in [-0.25, -0.2) is 4.99 Å². The van der Waals surface area contributed by atoms with Gasteiger partial charge in [0.2, 0.25) is 0 Å². The number of allylic oxidation sites excluding steroid dienone is 3. The number of ether oxygens (including phenoxy) is 1. The third-order valence-electron chi connectivity index (χ3n) is 2.24. The molecule has 1 atom stereocenters. The van der Waals surface area contributed by atoms with E-state index in [0.29, 0.717) is 10.9 Å². The summed E-state index contributed by atoms with van der Waals surface area (Å²) in [5.41, 5.74) is 0.667. The largest absolute Gasteiger partial charge is 0.468 e. The second-order valence-corrected chi connectivity index (χ2v) is 4.30. The number of hydrogen-bond acceptors (Lipinski definition) is 5. The molecular weight excluding hydrogens is 240 g/mol. The zero-order valence-corrected chi connectivity index (χ0v) is 9.94. The number of methoxy groups -OCH3 is 1. The predicted octanol–water partition coefficient (Wildman–Crippen LogP) is 0.972. The molecule has 0 radical (unpaired) electrons. The standard InChI is InChI=1S/C11H10N2O3S/c1-16-9(14)6-17-11-12-8-5-3-2-4-7(8)10(15)13-11/h2-5,7H,6H2,1H3. The maximum absolute atomic E-state index is 11.7. The molecule has 0 aromatic carbocycles. The highest BCUT2D eigenvalue weighted by Crippen LogP contribution is 2.20. The van der Waals surface area contributed by atoms with E-state index in [1.54, 1.807) is 18.2 Å². The summed E-state index contributed by atoms with van der Waals surface area (Å²) in [6, 6.07) is 0. The number of amides is 1. The Morgan fingerprint density at radius 1 is 1.47 bits per heavy atom. The summed E-state index contributed by atoms with van der Waals surface area (Å²) < 4.78 is 4.50. The van der Waals surface area contributed by atoms with Gasteiger partial charge in [0.05, 0.1) is 18.6 Å². The molecule has 2 aliphatic rings. The summed E-state index contributed by atoms with van der Waals surface area (Å²) in [5, 5.41) is 0.312. The van der Waals surface area contributed by atoms with Crippen molar-refractivity contribution >= 4 is 34.5 Å². The Bertz CT molecular complexity index is 477. The third-order valence-corrected chi connectivity index (χ3v) is 3.06. The number of hydrogen-bond donors (Lipinski definition) is 0. The fraction of sp³-hybridized carbons (Fsp3) is 0.273. The van der Waals surface area contributed by atoms with Crippen LogP contribution in [0.4, 0.5) is 0 Å². The van der Waals surface area contributed by atoms with Crippen molar-refractivity contribution < 1.29 is 14.3 Å². The number of rotatable bonds is 2. The monoisotopic (exact) mass is 250 g/mol. The molecule has 5 nitrogen and oxygen atoms in total. The van der Waals surface area contributed by atoms with Crippen LogP contribution in [0.1, 0.15) is 0 Å². The average Bonchev–Trinajstić information content (AvgIpc) is 2.36. The molecule has 0 spiro atoms. The van der Waals surface area contributed by atoms with Crippen molar-refractivity contribution in [3.05, 3.63) is 24.3 Å². The summed E-state index contributed by atoms with van der Waals surface area (Å²) in [4.78, 5) is 30.7. The Hall–Kier alpha value is -1.69. The first-order chi connectivity index (χ1) is 8.20. The van der Waals surface area contributed by atoms with Crippen LogP contribution in [0.25, 0.3) is 0 Å². The molecule has 0 saturated heterocycles. The summed E-state index contributed by atoms with van der Waals surface area (Å²) in [6.07, 6.45) is 7.14. The molecule has 0 saturated carbocycles. The quantitative estimate of drug-likeness (QED) is 0.685. The van der Waals surface area contributed by atoms with Crippen molar-refractivity contribution in [1.82, 2.24) is 0 Å². The summed E-state index contributed by atoms with van der Waals surface area (Å²) in [7, 11) is 1.31. The van der Waals surface area contributed by atoms with Gasteiger partial charge in [-0.2, -0.15) is 4.99 Å². The van der Waals surface area contributed by atoms with E-state index in [-0.39, 0.29) is 23.5 Å². The molecule has 1 aliphatic carbocycles. The van der Waals surface area contributed by atoms with Gasteiger partial charge in [0, 0.05) is 0 Å². The smallest absolute Gasteiger partial charge is 0.316 e. The van der Waals surface area contributed by atoms with Crippen LogP contribution >= 0.6 is 11.8 Å². The number of aliphatic imine (C=N–C) groups is 2. The lowest BCUT2D eigenvalue weighted by Crippen LogP contribution is -2.26. The molecule has 0 fully saturated rings. The molecule has 17 heavy (non-hydrogen) atoms. The number of carbonyl (C=O) groups excluding carboxylic acids is 2. The minimum Gasteiger partial charge on any atom is -0.468 e. The Kier molecular flexibility index (Phi) is 3.53. The molecule has 1 heterocycles. The Morgan fingerprint density at radius 3 is 3.06 bits per heavy atom. The minimum absolute atomic E-state index is 0.101. The number of carbonyl (C=O) groups is 2. The highest BCUT2D eigenvalue weighted by molar-refractivity contribution is 8.14. The average molecular weight is 250 g/mol. The van der Waals surface area contributed by atoms with Gasteiger partial charge >= 0.3 is 5.97 Å². The van der Waals surface area contributed by atoms with Crippen molar-refractivity contribution in [3.8, 4) is 0 Å². The molecule has 88 valence electrons. The van der Waals surface area contributed by atoms with E-state index in [2.05, 4.69) is 14.7 Å². The van der Waals surface area contributed by atoms with E-state index in [4.69, 9.17) is 0 Å². The molecule has 0 N–H and O–H groups in total. The Morgan fingerprint density at radius 2 is 2.29 bits per heavy atom. The third kappa shape index (κ3) is 2.71. The first-order valence-electron chi connectivity index (χ1n) is 4.96. The second kappa shape index (κ2) is 5.09. The Labute approximate surface area is 102 Å². The molecule has 1 aliphatic heterocycles. The van der Waals surface area contributed by atoms with Crippen LogP contribution in [0.15, 0.2) is 34.3 Å². The molecule has 1 unspecified atom stereocenters. The van der Waals surface area contributed by atoms with E-state index < -0.39 is 0 Å². The number of nitrogens with zero attached hydrogens (tertiary/aromatic N) is 2. The first kappa shape index (κ1) is 11.8. The molecule has 0 aromatic rings. The summed E-state index contributed by atoms with van der Waals surface area (Å²) >= 11 is 1.10. The van der Waals surface area contributed by atoms with Crippen LogP contribution in [-0.4, -0.2) is 35.6 Å². The number of thioether (sulfide) groups is 1. The van der Waals surface area contributed by atoms with Gasteiger partial charge < -0.3 is 4.74 Å². The maximum Gasteiger partial charge on any atom is 0.316 e. The van der Waals surface area contributed by atoms with Crippen molar-refractivity contribution in [2.45, 2.75) is 0 Å². The van der Waals surface area contributed by atoms with E-state index >= 15 is 0 Å². The van der Waals surface area contributed by atoms with Crippen molar-refractivity contribution in [1.29, 1.82) is 0 Å². The Balaban J connectivity index is 2.08. The van der Waals surface area contributed by atoms with E-state index in [9.17, 15) is 9.59 Å². The lowest BCUT2D eigenvalue weighted by Gasteiger charge is -2.16. The maximum atomic E-state index is 11.7. The fourth-order valence-electron chi connectivity index (χ4n) is 1.39. The van der Waals surface area contributed by atoms with Crippen LogP contribution in [-0.2, 0) is 14.3 Å². The zero-order chi connectivity index (χ0) is 12.3. The van der Waals surface area contributed by atoms with Crippen LogP contribution in [0.5, 0.6) is 0 Å². The van der Waals surface area contributed by atoms with Gasteiger partial charge in [-0.05, 0) is 6.08 Å². The number of fused-ring (bicyclic) bond motifs is 1. The molecule has 2 rings (SSSR count). The van der Waals surface area contributed by atoms with E-state index in [0.717, 1.165) is 11.8 Å². The fourth-order valence-corrected chi connectivity index (χ4v) is 2.08. The topological polar surface area (TPSA) is 68.1 Å². The minimum atomic E-state index is -0.373. The van der Waals surface area contributed by atoms with Crippen LogP contribution in [0, 0.1) is 5.92 Å². The number of amidine groups is 1. The van der Waals surface area contributed by atoms with Gasteiger partial charge in [0.15, 0.2) is 5.17 Å². The highest BCUT2D eigenvalue weighted by atomic mass is 32.2. The van der Waals surface area contributed by atoms with Crippen molar-refractivity contribution in [3.63, 3.8) is 0 Å². The van der Waals surface area contributed by atoms with Crippen molar-refractivity contribution in [2.75, 3.05) is 12.9 Å². The summed E-state index contributed by atoms with van der Waals surface area (Å²) in [5.74, 6) is -0.888. The lowest BCUT2D eigenvalue weighted by molar-refractivity contribution is -0.137. The first-order valence-corrected chi connectivity index (χ1v) is 5.95. The lowest BCUT2D eigenvalue weighted by atomic mass is 9.97. The predicted molar refractivity (Wildman–Crippen MR) is 66.1 cm³/mol. The molecule has 0 bridgehead atoms. The summed E-state index contributed by atoms with van der Waals surface area (Å²) in [6.45, 7) is 0. The van der Waals surface area contributed by atoms with Crippen molar-refractivity contribution in [2.24, 2.45) is 15.9 Å². The SMILES string of the molecule is COC(=O)CSC1=NC(=O)C2C=CC=CC2=N1. The van der Waals surface area contributed by atoms with E-state index in [1.165, 1.54) is 7.11 Å². The van der Waals surface area contributed by atoms with Gasteiger partial charge in [0.25, 0.3) is 5.91 Å².